The zero-order chi connectivity index (χ0) is 20.5. The van der Waals surface area contributed by atoms with Crippen molar-refractivity contribution in [1.29, 1.82) is 0 Å². The van der Waals surface area contributed by atoms with Crippen LogP contribution in [0.1, 0.15) is 66.8 Å². The fourth-order valence-corrected chi connectivity index (χ4v) is 4.58. The molecule has 2 atom stereocenters. The van der Waals surface area contributed by atoms with E-state index in [2.05, 4.69) is 45.0 Å². The lowest BCUT2D eigenvalue weighted by atomic mass is 9.83. The van der Waals surface area contributed by atoms with Crippen LogP contribution in [0.25, 0.3) is 11.0 Å². The van der Waals surface area contributed by atoms with Crippen molar-refractivity contribution in [3.8, 4) is 5.75 Å². The van der Waals surface area contributed by atoms with E-state index in [4.69, 9.17) is 4.42 Å². The molecule has 4 rings (SSSR count). The zero-order valence-corrected chi connectivity index (χ0v) is 17.6. The van der Waals surface area contributed by atoms with Crippen molar-refractivity contribution in [2.24, 2.45) is 5.92 Å². The predicted molar refractivity (Wildman–Crippen MR) is 118 cm³/mol. The molecule has 29 heavy (non-hydrogen) atoms. The molecule has 1 N–H and O–H groups in total. The van der Waals surface area contributed by atoms with Gasteiger partial charge in [-0.2, -0.15) is 0 Å². The van der Waals surface area contributed by atoms with Crippen molar-refractivity contribution in [3.05, 3.63) is 74.6 Å². The summed E-state index contributed by atoms with van der Waals surface area (Å²) in [5, 5.41) is 11.5. The maximum Gasteiger partial charge on any atom is 0.339 e. The van der Waals surface area contributed by atoms with Gasteiger partial charge >= 0.3 is 5.63 Å². The van der Waals surface area contributed by atoms with Gasteiger partial charge < -0.3 is 9.52 Å². The van der Waals surface area contributed by atoms with E-state index in [0.29, 0.717) is 11.5 Å². The van der Waals surface area contributed by atoms with E-state index in [-0.39, 0.29) is 17.3 Å². The normalized spacial score (nSPS) is 17.3. The molecule has 152 valence electrons. The van der Waals surface area contributed by atoms with Crippen LogP contribution in [0.3, 0.4) is 0 Å². The van der Waals surface area contributed by atoms with Gasteiger partial charge in [-0.15, -0.1) is 0 Å². The van der Waals surface area contributed by atoms with Crippen molar-refractivity contribution in [3.63, 3.8) is 0 Å². The highest BCUT2D eigenvalue weighted by molar-refractivity contribution is 5.88. The van der Waals surface area contributed by atoms with Gasteiger partial charge in [0.2, 0.25) is 0 Å². The van der Waals surface area contributed by atoms with Gasteiger partial charge in [0.25, 0.3) is 0 Å². The van der Waals surface area contributed by atoms with Gasteiger partial charge in [-0.05, 0) is 86.1 Å². The van der Waals surface area contributed by atoms with E-state index < -0.39 is 0 Å². The molecule has 0 fully saturated rings. The van der Waals surface area contributed by atoms with Gasteiger partial charge in [-0.3, -0.25) is 0 Å². The molecule has 0 radical (unpaired) electrons. The van der Waals surface area contributed by atoms with Crippen LogP contribution in [-0.2, 0) is 19.3 Å². The minimum absolute atomic E-state index is 0.233. The van der Waals surface area contributed by atoms with E-state index in [1.165, 1.54) is 11.1 Å². The highest BCUT2D eigenvalue weighted by Gasteiger charge is 2.24. The Kier molecular flexibility index (Phi) is 5.49. The molecular weight excluding hydrogens is 360 g/mol. The van der Waals surface area contributed by atoms with Crippen molar-refractivity contribution in [2.45, 2.75) is 65.2 Å². The third kappa shape index (κ3) is 4.10. The second-order valence-corrected chi connectivity index (χ2v) is 8.89. The Morgan fingerprint density at radius 3 is 2.69 bits per heavy atom. The average Bonchev–Trinajstić information content (AvgIpc) is 2.68. The molecule has 3 heteroatoms. The Hall–Kier alpha value is -2.55. The summed E-state index contributed by atoms with van der Waals surface area (Å²) in [4.78, 5) is 12.5. The van der Waals surface area contributed by atoms with Crippen molar-refractivity contribution >= 4 is 11.0 Å². The van der Waals surface area contributed by atoms with Crippen molar-refractivity contribution in [1.82, 2.24) is 0 Å². The van der Waals surface area contributed by atoms with Crippen LogP contribution >= 0.6 is 0 Å². The third-order valence-electron chi connectivity index (χ3n) is 6.45. The number of rotatable bonds is 5. The molecule has 3 aromatic rings. The maximum absolute atomic E-state index is 12.5. The average molecular weight is 391 g/mol. The first-order chi connectivity index (χ1) is 13.9. The Bertz CT molecular complexity index is 1080. The number of aryl methyl sites for hydroxylation is 2. The Morgan fingerprint density at radius 1 is 1.17 bits per heavy atom. The molecule has 1 aliphatic rings. The van der Waals surface area contributed by atoms with E-state index in [1.54, 1.807) is 0 Å². The molecule has 1 aromatic heterocycles. The molecule has 0 amide bonds. The molecule has 1 heterocycles. The van der Waals surface area contributed by atoms with Gasteiger partial charge in [0, 0.05) is 5.56 Å². The van der Waals surface area contributed by atoms with E-state index >= 15 is 0 Å². The first kappa shape index (κ1) is 19.8. The van der Waals surface area contributed by atoms with Crippen LogP contribution < -0.4 is 5.63 Å². The number of benzene rings is 2. The van der Waals surface area contributed by atoms with Gasteiger partial charge in [-0.1, -0.05) is 43.7 Å². The fourth-order valence-electron chi connectivity index (χ4n) is 4.58. The standard InChI is InChI=1S/C26H30O3/c1-16-7-10-19(11-8-16)6-4-5-18(3)20-14-23(27)25-22-13-17(2)9-12-21(22)26(28)29-24(25)15-20/h7-8,10-11,14-15,17-18,27H,4-6,9,12-13H2,1-3H3. The summed E-state index contributed by atoms with van der Waals surface area (Å²) in [6, 6.07) is 12.5. The first-order valence-corrected chi connectivity index (χ1v) is 10.8. The maximum atomic E-state index is 12.5. The summed E-state index contributed by atoms with van der Waals surface area (Å²) in [5.74, 6) is 1.06. The van der Waals surface area contributed by atoms with E-state index in [0.717, 1.165) is 60.6 Å². The number of hydrogen-bond acceptors (Lipinski definition) is 3. The highest BCUT2D eigenvalue weighted by atomic mass is 16.4. The van der Waals surface area contributed by atoms with Crippen LogP contribution in [0.4, 0.5) is 0 Å². The van der Waals surface area contributed by atoms with Crippen LogP contribution in [0.2, 0.25) is 0 Å². The smallest absolute Gasteiger partial charge is 0.339 e. The lowest BCUT2D eigenvalue weighted by Gasteiger charge is -2.22. The first-order valence-electron chi connectivity index (χ1n) is 10.8. The molecule has 2 aromatic carbocycles. The summed E-state index contributed by atoms with van der Waals surface area (Å²) in [5.41, 5.74) is 5.72. The summed E-state index contributed by atoms with van der Waals surface area (Å²) in [7, 11) is 0. The number of phenolic OH excluding ortho intramolecular Hbond substituents is 1. The largest absolute Gasteiger partial charge is 0.507 e. The molecule has 0 aliphatic heterocycles. The molecule has 1 aliphatic carbocycles. The number of hydrogen-bond donors (Lipinski definition) is 1. The lowest BCUT2D eigenvalue weighted by Crippen LogP contribution is -2.20. The molecule has 3 nitrogen and oxygen atoms in total. The van der Waals surface area contributed by atoms with Gasteiger partial charge in [0.05, 0.1) is 5.39 Å². The molecule has 0 bridgehead atoms. The van der Waals surface area contributed by atoms with Crippen LogP contribution in [0, 0.1) is 12.8 Å². The predicted octanol–water partition coefficient (Wildman–Crippen LogP) is 6.06. The highest BCUT2D eigenvalue weighted by Crippen LogP contribution is 2.37. The monoisotopic (exact) mass is 390 g/mol. The van der Waals surface area contributed by atoms with Crippen LogP contribution in [0.5, 0.6) is 5.75 Å². The molecule has 0 saturated heterocycles. The Labute approximate surface area is 172 Å². The SMILES string of the molecule is Cc1ccc(CCCC(C)c2cc(O)c3c4c(c(=O)oc3c2)CCC(C)C4)cc1. The minimum Gasteiger partial charge on any atom is -0.507 e. The molecule has 0 saturated carbocycles. The Balaban J connectivity index is 1.56. The topological polar surface area (TPSA) is 50.4 Å². The zero-order valence-electron chi connectivity index (χ0n) is 17.6. The molecular formula is C26H30O3. The second-order valence-electron chi connectivity index (χ2n) is 8.89. The quantitative estimate of drug-likeness (QED) is 0.539. The molecule has 0 spiro atoms. The summed E-state index contributed by atoms with van der Waals surface area (Å²) < 4.78 is 5.64. The third-order valence-corrected chi connectivity index (χ3v) is 6.45. The summed E-state index contributed by atoms with van der Waals surface area (Å²) in [6.45, 7) is 6.48. The lowest BCUT2D eigenvalue weighted by molar-refractivity contribution is 0.460. The number of fused-ring (bicyclic) bond motifs is 3. The molecule has 2 unspecified atom stereocenters. The van der Waals surface area contributed by atoms with Crippen molar-refractivity contribution < 1.29 is 9.52 Å². The minimum atomic E-state index is -0.233. The fraction of sp³-hybridized carbons (Fsp3) is 0.423. The van der Waals surface area contributed by atoms with Gasteiger partial charge in [0.1, 0.15) is 11.3 Å². The van der Waals surface area contributed by atoms with Crippen LogP contribution in [0.15, 0.2) is 45.6 Å². The van der Waals surface area contributed by atoms with Gasteiger partial charge in [-0.25, -0.2) is 4.79 Å². The number of phenols is 1. The Morgan fingerprint density at radius 2 is 1.93 bits per heavy atom. The summed E-state index contributed by atoms with van der Waals surface area (Å²) >= 11 is 0. The second kappa shape index (κ2) is 8.06. The van der Waals surface area contributed by atoms with E-state index in [1.807, 2.05) is 12.1 Å². The van der Waals surface area contributed by atoms with Crippen LogP contribution in [-0.4, -0.2) is 5.11 Å². The van der Waals surface area contributed by atoms with E-state index in [9.17, 15) is 9.90 Å². The van der Waals surface area contributed by atoms with Crippen molar-refractivity contribution in [2.75, 3.05) is 0 Å². The summed E-state index contributed by atoms with van der Waals surface area (Å²) in [6.07, 6.45) is 5.71. The number of aromatic hydroxyl groups is 1. The van der Waals surface area contributed by atoms with Gasteiger partial charge in [0.15, 0.2) is 0 Å².